The fourth-order valence-corrected chi connectivity index (χ4v) is 2.14. The molecule has 0 aromatic heterocycles. The van der Waals surface area contributed by atoms with E-state index in [2.05, 4.69) is 17.3 Å². The highest BCUT2D eigenvalue weighted by atomic mass is 16.4. The van der Waals surface area contributed by atoms with E-state index in [4.69, 9.17) is 5.11 Å². The summed E-state index contributed by atoms with van der Waals surface area (Å²) >= 11 is 0. The van der Waals surface area contributed by atoms with Crippen molar-refractivity contribution in [1.29, 1.82) is 0 Å². The monoisotopic (exact) mass is 214 g/mol. The van der Waals surface area contributed by atoms with Gasteiger partial charge in [0.15, 0.2) is 0 Å². The normalized spacial score (nSPS) is 25.1. The van der Waals surface area contributed by atoms with Gasteiger partial charge in [-0.2, -0.15) is 0 Å². The second-order valence-corrected chi connectivity index (χ2v) is 4.68. The molecule has 0 aromatic carbocycles. The lowest BCUT2D eigenvalue weighted by Crippen LogP contribution is -2.40. The molecule has 4 heteroatoms. The maximum atomic E-state index is 10.5. The molecule has 1 aliphatic heterocycles. The Morgan fingerprint density at radius 1 is 1.67 bits per heavy atom. The quantitative estimate of drug-likeness (QED) is 0.710. The van der Waals surface area contributed by atoms with Gasteiger partial charge in [-0.3, -0.25) is 4.79 Å². The predicted octanol–water partition coefficient (Wildman–Crippen LogP) is 0.781. The van der Waals surface area contributed by atoms with Crippen LogP contribution in [-0.4, -0.2) is 48.7 Å². The van der Waals surface area contributed by atoms with Crippen LogP contribution in [0.25, 0.3) is 0 Å². The van der Waals surface area contributed by atoms with Crippen LogP contribution in [0.2, 0.25) is 0 Å². The molecule has 0 saturated carbocycles. The van der Waals surface area contributed by atoms with E-state index < -0.39 is 5.97 Å². The van der Waals surface area contributed by atoms with Crippen molar-refractivity contribution in [2.75, 3.05) is 26.7 Å². The number of hydrogen-bond acceptors (Lipinski definition) is 3. The third kappa shape index (κ3) is 5.14. The molecule has 0 radical (unpaired) electrons. The molecule has 88 valence electrons. The minimum Gasteiger partial charge on any atom is -0.481 e. The Labute approximate surface area is 91.6 Å². The highest BCUT2D eigenvalue weighted by Crippen LogP contribution is 2.14. The Morgan fingerprint density at radius 3 is 3.00 bits per heavy atom. The molecule has 0 amide bonds. The van der Waals surface area contributed by atoms with Crippen molar-refractivity contribution < 1.29 is 9.90 Å². The summed E-state index contributed by atoms with van der Waals surface area (Å²) in [6.07, 6.45) is 2.73. The zero-order valence-corrected chi connectivity index (χ0v) is 9.70. The van der Waals surface area contributed by atoms with Crippen LogP contribution in [-0.2, 0) is 4.79 Å². The van der Waals surface area contributed by atoms with Gasteiger partial charge >= 0.3 is 5.97 Å². The molecule has 2 N–H and O–H groups in total. The third-order valence-electron chi connectivity index (χ3n) is 2.96. The van der Waals surface area contributed by atoms with Gasteiger partial charge in [0.25, 0.3) is 0 Å². The topological polar surface area (TPSA) is 52.6 Å². The summed E-state index contributed by atoms with van der Waals surface area (Å²) in [7, 11) is 2.15. The van der Waals surface area contributed by atoms with E-state index in [1.165, 1.54) is 19.4 Å². The molecule has 1 heterocycles. The lowest BCUT2D eigenvalue weighted by molar-refractivity contribution is -0.137. The molecule has 2 atom stereocenters. The van der Waals surface area contributed by atoms with Crippen molar-refractivity contribution in [2.24, 2.45) is 5.92 Å². The molecular weight excluding hydrogens is 192 g/mol. The first-order valence-corrected chi connectivity index (χ1v) is 5.71. The van der Waals surface area contributed by atoms with Gasteiger partial charge < -0.3 is 15.3 Å². The third-order valence-corrected chi connectivity index (χ3v) is 2.96. The van der Waals surface area contributed by atoms with E-state index in [9.17, 15) is 4.79 Å². The second-order valence-electron chi connectivity index (χ2n) is 4.68. The standard InChI is InChI=1S/C11H22N2O2/c1-9(6-11(14)15)12-7-10-4-3-5-13(2)8-10/h9-10,12H,3-8H2,1-2H3,(H,14,15). The van der Waals surface area contributed by atoms with E-state index >= 15 is 0 Å². The van der Waals surface area contributed by atoms with Gasteiger partial charge in [0.05, 0.1) is 6.42 Å². The first-order chi connectivity index (χ1) is 7.08. The summed E-state index contributed by atoms with van der Waals surface area (Å²) in [5.74, 6) is -0.0456. The Bertz CT molecular complexity index is 209. The number of likely N-dealkylation sites (tertiary alicyclic amines) is 1. The minimum atomic E-state index is -0.726. The lowest BCUT2D eigenvalue weighted by atomic mass is 9.98. The first kappa shape index (κ1) is 12.5. The van der Waals surface area contributed by atoms with Crippen LogP contribution in [0.15, 0.2) is 0 Å². The average Bonchev–Trinajstić information content (AvgIpc) is 2.14. The molecule has 0 aromatic rings. The van der Waals surface area contributed by atoms with Crippen LogP contribution < -0.4 is 5.32 Å². The number of rotatable bonds is 5. The van der Waals surface area contributed by atoms with Crippen LogP contribution >= 0.6 is 0 Å². The molecule has 4 nitrogen and oxygen atoms in total. The van der Waals surface area contributed by atoms with Crippen LogP contribution in [0.1, 0.15) is 26.2 Å². The summed E-state index contributed by atoms with van der Waals surface area (Å²) in [6.45, 7) is 5.20. The molecule has 2 unspecified atom stereocenters. The van der Waals surface area contributed by atoms with E-state index in [-0.39, 0.29) is 12.5 Å². The van der Waals surface area contributed by atoms with Crippen molar-refractivity contribution in [3.63, 3.8) is 0 Å². The summed E-state index contributed by atoms with van der Waals surface area (Å²) in [5.41, 5.74) is 0. The van der Waals surface area contributed by atoms with Gasteiger partial charge in [-0.05, 0) is 45.8 Å². The summed E-state index contributed by atoms with van der Waals surface area (Å²) in [4.78, 5) is 12.8. The zero-order chi connectivity index (χ0) is 11.3. The molecule has 1 fully saturated rings. The highest BCUT2D eigenvalue weighted by molar-refractivity contribution is 5.67. The molecule has 1 saturated heterocycles. The average molecular weight is 214 g/mol. The number of nitrogens with one attached hydrogen (secondary N) is 1. The van der Waals surface area contributed by atoms with Crippen LogP contribution in [0.5, 0.6) is 0 Å². The largest absolute Gasteiger partial charge is 0.481 e. The van der Waals surface area contributed by atoms with E-state index in [0.29, 0.717) is 5.92 Å². The highest BCUT2D eigenvalue weighted by Gasteiger charge is 2.17. The van der Waals surface area contributed by atoms with Crippen molar-refractivity contribution >= 4 is 5.97 Å². The van der Waals surface area contributed by atoms with E-state index in [0.717, 1.165) is 13.1 Å². The Hall–Kier alpha value is -0.610. The molecule has 1 rings (SSSR count). The number of carboxylic acids is 1. The maximum absolute atomic E-state index is 10.5. The Balaban J connectivity index is 2.15. The van der Waals surface area contributed by atoms with Gasteiger partial charge in [0, 0.05) is 12.6 Å². The fourth-order valence-electron chi connectivity index (χ4n) is 2.14. The Morgan fingerprint density at radius 2 is 2.40 bits per heavy atom. The zero-order valence-electron chi connectivity index (χ0n) is 9.70. The maximum Gasteiger partial charge on any atom is 0.304 e. The predicted molar refractivity (Wildman–Crippen MR) is 59.9 cm³/mol. The molecule has 0 bridgehead atoms. The molecular formula is C11H22N2O2. The minimum absolute atomic E-state index is 0.0785. The van der Waals surface area contributed by atoms with Gasteiger partial charge in [-0.25, -0.2) is 0 Å². The summed E-state index contributed by atoms with van der Waals surface area (Å²) in [5, 5.41) is 11.9. The molecule has 15 heavy (non-hydrogen) atoms. The van der Waals surface area contributed by atoms with Crippen LogP contribution in [0.4, 0.5) is 0 Å². The van der Waals surface area contributed by atoms with Crippen molar-refractivity contribution in [3.05, 3.63) is 0 Å². The van der Waals surface area contributed by atoms with Crippen molar-refractivity contribution in [3.8, 4) is 0 Å². The van der Waals surface area contributed by atoms with Gasteiger partial charge in [-0.15, -0.1) is 0 Å². The second kappa shape index (κ2) is 6.08. The van der Waals surface area contributed by atoms with Crippen molar-refractivity contribution in [1.82, 2.24) is 10.2 Å². The Kier molecular flexibility index (Phi) is 5.05. The SMILES string of the molecule is CC(CC(=O)O)NCC1CCCN(C)C1. The number of carboxylic acid groups (broad SMARTS) is 1. The summed E-state index contributed by atoms with van der Waals surface area (Å²) < 4.78 is 0. The number of aliphatic carboxylic acids is 1. The lowest BCUT2D eigenvalue weighted by Gasteiger charge is -2.30. The number of piperidine rings is 1. The van der Waals surface area contributed by atoms with Crippen LogP contribution in [0, 0.1) is 5.92 Å². The smallest absolute Gasteiger partial charge is 0.304 e. The van der Waals surface area contributed by atoms with Gasteiger partial charge in [0.2, 0.25) is 0 Å². The van der Waals surface area contributed by atoms with Gasteiger partial charge in [-0.1, -0.05) is 0 Å². The van der Waals surface area contributed by atoms with E-state index in [1.807, 2.05) is 6.92 Å². The summed E-state index contributed by atoms with van der Waals surface area (Å²) in [6, 6.07) is 0.0785. The van der Waals surface area contributed by atoms with Gasteiger partial charge in [0.1, 0.15) is 0 Å². The fraction of sp³-hybridized carbons (Fsp3) is 0.909. The number of nitrogens with zero attached hydrogens (tertiary/aromatic N) is 1. The molecule has 0 spiro atoms. The van der Waals surface area contributed by atoms with Crippen LogP contribution in [0.3, 0.4) is 0 Å². The number of carbonyl (C=O) groups is 1. The first-order valence-electron chi connectivity index (χ1n) is 5.71. The van der Waals surface area contributed by atoms with E-state index in [1.54, 1.807) is 0 Å². The van der Waals surface area contributed by atoms with Crippen molar-refractivity contribution in [2.45, 2.75) is 32.2 Å². The molecule has 1 aliphatic rings. The number of hydrogen-bond donors (Lipinski definition) is 2. The molecule has 0 aliphatic carbocycles.